The van der Waals surface area contributed by atoms with Crippen LogP contribution in [-0.4, -0.2) is 69.5 Å². The molecule has 1 saturated carbocycles. The molecule has 246 valence electrons. The Morgan fingerprint density at radius 2 is 1.68 bits per heavy atom. The van der Waals surface area contributed by atoms with Crippen LogP contribution in [0.15, 0.2) is 78.1 Å². The molecule has 0 heterocycles. The van der Waals surface area contributed by atoms with E-state index in [-0.39, 0.29) is 30.6 Å². The number of likely N-dealkylation sites (N-methyl/N-ethyl adjacent to an activating group) is 1. The van der Waals surface area contributed by atoms with Gasteiger partial charge < -0.3 is 30.7 Å². The molecule has 0 saturated heterocycles. The Hall–Kier alpha value is -4.52. The van der Waals surface area contributed by atoms with E-state index >= 15 is 0 Å². The van der Waals surface area contributed by atoms with Crippen LogP contribution in [-0.2, 0) is 33.5 Å². The van der Waals surface area contributed by atoms with Gasteiger partial charge in [-0.3, -0.25) is 14.4 Å². The highest BCUT2D eigenvalue weighted by molar-refractivity contribution is 6.16. The minimum absolute atomic E-state index is 0.00551. The molecule has 0 radical (unpaired) electrons. The first-order valence-electron chi connectivity index (χ1n) is 15.0. The topological polar surface area (TPSA) is 150 Å². The van der Waals surface area contributed by atoms with E-state index in [1.807, 2.05) is 6.07 Å². The van der Waals surface area contributed by atoms with Gasteiger partial charge in [0.2, 0.25) is 5.91 Å². The largest absolute Gasteiger partial charge is 0.508 e. The zero-order chi connectivity index (χ0) is 34.0. The van der Waals surface area contributed by atoms with E-state index in [2.05, 4.69) is 0 Å². The number of halogens is 3. The van der Waals surface area contributed by atoms with Gasteiger partial charge in [0.15, 0.2) is 17.2 Å². The molecular formula is C35H33F3N2O7. The van der Waals surface area contributed by atoms with Gasteiger partial charge in [0.1, 0.15) is 17.4 Å². The van der Waals surface area contributed by atoms with Crippen molar-refractivity contribution < 1.29 is 47.6 Å². The number of nitrogens with two attached hydrogens (primary N) is 1. The van der Waals surface area contributed by atoms with Crippen molar-refractivity contribution in [2.75, 3.05) is 14.1 Å². The number of carbonyl (C=O) groups excluding carboxylic acids is 3. The van der Waals surface area contributed by atoms with Crippen molar-refractivity contribution in [1.82, 2.24) is 4.90 Å². The van der Waals surface area contributed by atoms with Crippen LogP contribution in [0.25, 0.3) is 11.1 Å². The average molecular weight is 651 g/mol. The number of primary amides is 1. The number of carbonyl (C=O) groups is 3. The number of ether oxygens (including phenoxy) is 1. The number of amides is 1. The number of hydrogen-bond donors (Lipinski definition) is 4. The number of ketones is 2. The Morgan fingerprint density at radius 3 is 2.28 bits per heavy atom. The highest BCUT2D eigenvalue weighted by Crippen LogP contribution is 2.54. The van der Waals surface area contributed by atoms with E-state index < -0.39 is 76.2 Å². The molecular weight excluding hydrogens is 617 g/mol. The van der Waals surface area contributed by atoms with Gasteiger partial charge in [-0.2, -0.15) is 13.2 Å². The van der Waals surface area contributed by atoms with Crippen LogP contribution < -0.4 is 5.73 Å². The molecule has 3 aromatic rings. The van der Waals surface area contributed by atoms with Crippen molar-refractivity contribution in [3.05, 3.63) is 100 Å². The fourth-order valence-electron chi connectivity index (χ4n) is 7.64. The number of allylic oxidation sites excluding steroid dienone is 1. The molecule has 0 aromatic heterocycles. The van der Waals surface area contributed by atoms with Gasteiger partial charge in [0, 0.05) is 17.5 Å². The number of Topliss-reactive ketones (excluding diaryl/α,β-unsaturated/α-hetero) is 2. The number of aliphatic hydroxyl groups excluding tert-OH is 1. The second-order valence-electron chi connectivity index (χ2n) is 12.6. The Kier molecular flexibility index (Phi) is 8.02. The third-order valence-electron chi connectivity index (χ3n) is 9.76. The van der Waals surface area contributed by atoms with E-state index in [9.17, 15) is 42.9 Å². The lowest BCUT2D eigenvalue weighted by atomic mass is 9.55. The molecule has 0 bridgehead atoms. The van der Waals surface area contributed by atoms with E-state index in [1.165, 1.54) is 24.3 Å². The fourth-order valence-corrected chi connectivity index (χ4v) is 7.64. The summed E-state index contributed by atoms with van der Waals surface area (Å²) in [5.41, 5.74) is 3.67. The van der Waals surface area contributed by atoms with Crippen LogP contribution in [0, 0.1) is 17.8 Å². The molecule has 5 N–H and O–H groups in total. The van der Waals surface area contributed by atoms with Crippen molar-refractivity contribution in [3.8, 4) is 16.9 Å². The molecule has 1 amide bonds. The number of phenolic OH excluding ortho intramolecular Hbond substituents is 1. The predicted octanol–water partition coefficient (Wildman–Crippen LogP) is 4.20. The molecule has 0 spiro atoms. The van der Waals surface area contributed by atoms with Crippen LogP contribution in [0.3, 0.4) is 0 Å². The number of aromatic hydroxyl groups is 1. The van der Waals surface area contributed by atoms with Gasteiger partial charge in [0.05, 0.1) is 23.8 Å². The first-order chi connectivity index (χ1) is 22.2. The Labute approximate surface area is 268 Å². The van der Waals surface area contributed by atoms with Crippen molar-refractivity contribution in [1.29, 1.82) is 0 Å². The van der Waals surface area contributed by atoms with Crippen LogP contribution >= 0.6 is 0 Å². The molecule has 9 nitrogen and oxygen atoms in total. The van der Waals surface area contributed by atoms with Gasteiger partial charge in [-0.25, -0.2) is 0 Å². The lowest BCUT2D eigenvalue weighted by Crippen LogP contribution is -2.71. The molecule has 47 heavy (non-hydrogen) atoms. The maximum atomic E-state index is 14.1. The van der Waals surface area contributed by atoms with Gasteiger partial charge in [-0.1, -0.05) is 48.5 Å². The summed E-state index contributed by atoms with van der Waals surface area (Å²) in [7, 11) is 3.35. The summed E-state index contributed by atoms with van der Waals surface area (Å²) in [6.07, 6.45) is -5.61. The number of benzene rings is 3. The number of nitrogens with zero attached hydrogens (tertiary/aromatic N) is 1. The van der Waals surface area contributed by atoms with Gasteiger partial charge >= 0.3 is 6.18 Å². The Morgan fingerprint density at radius 1 is 1.02 bits per heavy atom. The molecule has 3 aromatic carbocycles. The zero-order valence-corrected chi connectivity index (χ0v) is 25.5. The molecule has 3 aliphatic rings. The number of hydrogen-bond acceptors (Lipinski definition) is 8. The summed E-state index contributed by atoms with van der Waals surface area (Å²) in [5, 5.41) is 34.6. The first kappa shape index (κ1) is 32.4. The number of fused-ring (bicyclic) bond motifs is 3. The van der Waals surface area contributed by atoms with Crippen molar-refractivity contribution in [2.24, 2.45) is 23.5 Å². The third-order valence-corrected chi connectivity index (χ3v) is 9.76. The summed E-state index contributed by atoms with van der Waals surface area (Å²) in [6.45, 7) is 0.0240. The molecule has 2 unspecified atom stereocenters. The second-order valence-corrected chi connectivity index (χ2v) is 12.6. The van der Waals surface area contributed by atoms with Gasteiger partial charge in [-0.05, 0) is 73.3 Å². The van der Waals surface area contributed by atoms with Crippen LogP contribution in [0.5, 0.6) is 5.75 Å². The predicted molar refractivity (Wildman–Crippen MR) is 163 cm³/mol. The highest BCUT2D eigenvalue weighted by Gasteiger charge is 2.66. The number of aliphatic hydroxyl groups is 2. The van der Waals surface area contributed by atoms with E-state index in [0.29, 0.717) is 16.7 Å². The number of rotatable bonds is 6. The Balaban J connectivity index is 1.45. The lowest BCUT2D eigenvalue weighted by Gasteiger charge is -2.54. The normalized spacial score (nSPS) is 27.3. The lowest BCUT2D eigenvalue weighted by molar-refractivity contribution is -0.186. The van der Waals surface area contributed by atoms with E-state index in [0.717, 1.165) is 17.7 Å². The minimum atomic E-state index is -4.55. The van der Waals surface area contributed by atoms with Crippen molar-refractivity contribution in [3.63, 3.8) is 0 Å². The average Bonchev–Trinajstić information content (AvgIpc) is 3.01. The smallest absolute Gasteiger partial charge is 0.416 e. The first-order valence-corrected chi connectivity index (χ1v) is 15.0. The molecule has 1 fully saturated rings. The van der Waals surface area contributed by atoms with E-state index in [4.69, 9.17) is 10.5 Å². The number of phenols is 1. The molecule has 3 aliphatic carbocycles. The van der Waals surface area contributed by atoms with Crippen LogP contribution in [0.1, 0.15) is 33.5 Å². The quantitative estimate of drug-likeness (QED) is 0.290. The monoisotopic (exact) mass is 650 g/mol. The standard InChI is InChI=1S/C35H33F3N2O7/c1-40(2)28-23-15-19-14-22-21(18-8-10-20(11-9-18)35(36,37)38)12-13-24(41)26(22)29(42)25(19)31(43)34(23,46)32(44)27(33(39)45)30(28)47-16-17-6-4-3-5-7-17/h3-13,19,23,27-28,30,41,43,46H,14-16H2,1-2H3,(H2,39,45)/t19-,23-,27?,28-,30?,34-/m0/s1. The van der Waals surface area contributed by atoms with Crippen LogP contribution in [0.2, 0.25) is 0 Å². The van der Waals surface area contributed by atoms with Gasteiger partial charge in [-0.15, -0.1) is 0 Å². The Bertz CT molecular complexity index is 1790. The van der Waals surface area contributed by atoms with E-state index in [1.54, 1.807) is 43.3 Å². The summed E-state index contributed by atoms with van der Waals surface area (Å²) >= 11 is 0. The zero-order valence-electron chi connectivity index (χ0n) is 25.5. The summed E-state index contributed by atoms with van der Waals surface area (Å²) in [4.78, 5) is 42.6. The van der Waals surface area contributed by atoms with Crippen molar-refractivity contribution >= 4 is 17.5 Å². The second kappa shape index (κ2) is 11.6. The minimum Gasteiger partial charge on any atom is -0.508 e. The maximum absolute atomic E-state index is 14.1. The highest BCUT2D eigenvalue weighted by atomic mass is 19.4. The fraction of sp³-hybridized carbons (Fsp3) is 0.343. The van der Waals surface area contributed by atoms with Crippen molar-refractivity contribution in [2.45, 2.75) is 43.4 Å². The molecule has 12 heteroatoms. The third kappa shape index (κ3) is 5.20. The molecule has 6 atom stereocenters. The summed E-state index contributed by atoms with van der Waals surface area (Å²) in [6, 6.07) is 15.4. The van der Waals surface area contributed by atoms with Gasteiger partial charge in [0.25, 0.3) is 0 Å². The summed E-state index contributed by atoms with van der Waals surface area (Å²) in [5.74, 6) is -7.81. The molecule has 6 rings (SSSR count). The van der Waals surface area contributed by atoms with Crippen LogP contribution in [0.4, 0.5) is 13.2 Å². The molecule has 0 aliphatic heterocycles. The maximum Gasteiger partial charge on any atom is 0.416 e. The number of alkyl halides is 3. The SMILES string of the molecule is CN(C)[C@@H]1C(OCc2ccccc2)C(C(N)=O)C(=O)[C@@]2(O)C(O)=C3C(=O)c4c(O)ccc(-c5ccc(C(F)(F)F)cc5)c4C[C@H]3C[C@@H]12. The summed E-state index contributed by atoms with van der Waals surface area (Å²) < 4.78 is 45.9.